The molecule has 0 aliphatic carbocycles. The summed E-state index contributed by atoms with van der Waals surface area (Å²) in [5, 5.41) is 2.61. The first-order chi connectivity index (χ1) is 14.7. The molecular weight excluding hydrogens is 416 g/mol. The highest BCUT2D eigenvalue weighted by Crippen LogP contribution is 2.14. The van der Waals surface area contributed by atoms with E-state index in [0.717, 1.165) is 11.1 Å². The van der Waals surface area contributed by atoms with Gasteiger partial charge in [-0.15, -0.1) is 6.58 Å². The van der Waals surface area contributed by atoms with Gasteiger partial charge in [0, 0.05) is 5.92 Å². The van der Waals surface area contributed by atoms with E-state index < -0.39 is 39.9 Å². The van der Waals surface area contributed by atoms with E-state index in [4.69, 9.17) is 4.74 Å². The first-order valence-electron chi connectivity index (χ1n) is 9.81. The molecule has 2 rings (SSSR count). The molecule has 8 heteroatoms. The standard InChI is InChI=1S/C23H28N2O5S/c1-5-17(3)21(23(27)30-4)24-22(26)20(15-18-9-7-6-8-10-18)25-31(28,29)19-13-11-16(2)12-14-19/h5-14,17,20-21,25H,1,15H2,2-4H3,(H,24,26)/t17-,20-,21+/m0/s1. The molecule has 0 aliphatic heterocycles. The number of aryl methyl sites for hydroxylation is 1. The van der Waals surface area contributed by atoms with Crippen LogP contribution in [0.4, 0.5) is 0 Å². The molecule has 0 fully saturated rings. The molecule has 0 spiro atoms. The number of sulfonamides is 1. The van der Waals surface area contributed by atoms with Gasteiger partial charge in [-0.2, -0.15) is 4.72 Å². The zero-order valence-corrected chi connectivity index (χ0v) is 18.7. The summed E-state index contributed by atoms with van der Waals surface area (Å²) < 4.78 is 33.1. The maximum atomic E-state index is 13.1. The number of carbonyl (C=O) groups excluding carboxylic acids is 2. The van der Waals surface area contributed by atoms with Crippen molar-refractivity contribution in [1.29, 1.82) is 0 Å². The number of benzene rings is 2. The number of ether oxygens (including phenoxy) is 1. The first-order valence-corrected chi connectivity index (χ1v) is 11.3. The van der Waals surface area contributed by atoms with Crippen LogP contribution in [0.3, 0.4) is 0 Å². The van der Waals surface area contributed by atoms with E-state index in [-0.39, 0.29) is 11.3 Å². The minimum Gasteiger partial charge on any atom is -0.467 e. The molecule has 2 N–H and O–H groups in total. The van der Waals surface area contributed by atoms with Crippen LogP contribution in [0, 0.1) is 12.8 Å². The highest BCUT2D eigenvalue weighted by Gasteiger charge is 2.31. The molecule has 0 aliphatic rings. The van der Waals surface area contributed by atoms with Gasteiger partial charge in [0.1, 0.15) is 12.1 Å². The second-order valence-corrected chi connectivity index (χ2v) is 8.99. The third-order valence-electron chi connectivity index (χ3n) is 4.88. The second kappa shape index (κ2) is 10.9. The van der Waals surface area contributed by atoms with Crippen molar-refractivity contribution in [3.05, 3.63) is 78.4 Å². The monoisotopic (exact) mass is 444 g/mol. The van der Waals surface area contributed by atoms with Crippen molar-refractivity contribution in [1.82, 2.24) is 10.0 Å². The Morgan fingerprint density at radius 1 is 1.10 bits per heavy atom. The largest absolute Gasteiger partial charge is 0.467 e. The Morgan fingerprint density at radius 3 is 2.26 bits per heavy atom. The summed E-state index contributed by atoms with van der Waals surface area (Å²) in [7, 11) is -2.75. The average molecular weight is 445 g/mol. The molecule has 0 saturated carbocycles. The van der Waals surface area contributed by atoms with Gasteiger partial charge in [0.15, 0.2) is 0 Å². The van der Waals surface area contributed by atoms with E-state index >= 15 is 0 Å². The average Bonchev–Trinajstić information content (AvgIpc) is 2.76. The normalized spacial score (nSPS) is 14.2. The molecule has 0 bridgehead atoms. The van der Waals surface area contributed by atoms with Crippen molar-refractivity contribution >= 4 is 21.9 Å². The van der Waals surface area contributed by atoms with Gasteiger partial charge >= 0.3 is 5.97 Å². The van der Waals surface area contributed by atoms with Crippen LogP contribution < -0.4 is 10.0 Å². The van der Waals surface area contributed by atoms with Crippen LogP contribution in [-0.2, 0) is 30.8 Å². The first kappa shape index (κ1) is 24.3. The third-order valence-corrected chi connectivity index (χ3v) is 6.37. The number of rotatable bonds is 10. The Hall–Kier alpha value is -2.97. The number of hydrogen-bond donors (Lipinski definition) is 2. The van der Waals surface area contributed by atoms with Gasteiger partial charge in [-0.1, -0.05) is 61.0 Å². The van der Waals surface area contributed by atoms with Crippen LogP contribution in [0.25, 0.3) is 0 Å². The van der Waals surface area contributed by atoms with Crippen LogP contribution in [-0.4, -0.2) is 39.5 Å². The van der Waals surface area contributed by atoms with Gasteiger partial charge in [0.05, 0.1) is 12.0 Å². The molecule has 0 saturated heterocycles. The predicted octanol–water partition coefficient (Wildman–Crippen LogP) is 2.36. The Bertz CT molecular complexity index is 1000. The lowest BCUT2D eigenvalue weighted by atomic mass is 10.0. The zero-order valence-electron chi connectivity index (χ0n) is 17.9. The quantitative estimate of drug-likeness (QED) is 0.433. The minimum absolute atomic E-state index is 0.0490. The lowest BCUT2D eigenvalue weighted by molar-refractivity contribution is -0.146. The van der Waals surface area contributed by atoms with Crippen LogP contribution in [0.15, 0.2) is 72.1 Å². The molecule has 3 atom stereocenters. The Balaban J connectivity index is 2.33. The Kier molecular flexibility index (Phi) is 8.53. The summed E-state index contributed by atoms with van der Waals surface area (Å²) in [6.07, 6.45) is 1.62. The maximum absolute atomic E-state index is 13.1. The van der Waals surface area contributed by atoms with Gasteiger partial charge in [-0.25, -0.2) is 13.2 Å². The molecule has 0 aromatic heterocycles. The summed E-state index contributed by atoms with van der Waals surface area (Å²) in [5.41, 5.74) is 1.68. The van der Waals surface area contributed by atoms with Gasteiger partial charge in [-0.05, 0) is 31.0 Å². The fourth-order valence-electron chi connectivity index (χ4n) is 2.93. The molecule has 0 radical (unpaired) electrons. The fourth-order valence-corrected chi connectivity index (χ4v) is 4.13. The number of amides is 1. The van der Waals surface area contributed by atoms with Gasteiger partial charge in [-0.3, -0.25) is 4.79 Å². The highest BCUT2D eigenvalue weighted by atomic mass is 32.2. The van der Waals surface area contributed by atoms with E-state index in [1.807, 2.05) is 13.0 Å². The zero-order chi connectivity index (χ0) is 23.0. The van der Waals surface area contributed by atoms with Gasteiger partial charge in [0.2, 0.25) is 15.9 Å². The molecule has 1 amide bonds. The summed E-state index contributed by atoms with van der Waals surface area (Å²) in [6, 6.07) is 13.2. The lowest BCUT2D eigenvalue weighted by Gasteiger charge is -2.24. The molecule has 166 valence electrons. The number of nitrogens with one attached hydrogen (secondary N) is 2. The Labute approximate surface area is 183 Å². The van der Waals surface area contributed by atoms with E-state index in [1.54, 1.807) is 43.3 Å². The van der Waals surface area contributed by atoms with Crippen LogP contribution in [0.5, 0.6) is 0 Å². The van der Waals surface area contributed by atoms with Crippen molar-refractivity contribution in [3.8, 4) is 0 Å². The molecule has 2 aromatic rings. The van der Waals surface area contributed by atoms with Crippen molar-refractivity contribution in [2.75, 3.05) is 7.11 Å². The third kappa shape index (κ3) is 6.77. The van der Waals surface area contributed by atoms with Crippen LogP contribution in [0.1, 0.15) is 18.1 Å². The smallest absolute Gasteiger partial charge is 0.328 e. The van der Waals surface area contributed by atoms with Crippen LogP contribution >= 0.6 is 0 Å². The molecule has 2 aromatic carbocycles. The van der Waals surface area contributed by atoms with Crippen molar-refractivity contribution < 1.29 is 22.7 Å². The second-order valence-electron chi connectivity index (χ2n) is 7.28. The molecule has 7 nitrogen and oxygen atoms in total. The van der Waals surface area contributed by atoms with E-state index in [1.165, 1.54) is 25.3 Å². The fraction of sp³-hybridized carbons (Fsp3) is 0.304. The van der Waals surface area contributed by atoms with Crippen molar-refractivity contribution in [2.24, 2.45) is 5.92 Å². The van der Waals surface area contributed by atoms with Crippen LogP contribution in [0.2, 0.25) is 0 Å². The number of hydrogen-bond acceptors (Lipinski definition) is 5. The number of esters is 1. The van der Waals surface area contributed by atoms with E-state index in [9.17, 15) is 18.0 Å². The van der Waals surface area contributed by atoms with Gasteiger partial charge in [0.25, 0.3) is 0 Å². The van der Waals surface area contributed by atoms with E-state index in [0.29, 0.717) is 0 Å². The van der Waals surface area contributed by atoms with Crippen molar-refractivity contribution in [3.63, 3.8) is 0 Å². The summed E-state index contributed by atoms with van der Waals surface area (Å²) in [4.78, 5) is 25.3. The van der Waals surface area contributed by atoms with E-state index in [2.05, 4.69) is 16.6 Å². The van der Waals surface area contributed by atoms with Gasteiger partial charge < -0.3 is 10.1 Å². The summed E-state index contributed by atoms with van der Waals surface area (Å²) >= 11 is 0. The SMILES string of the molecule is C=C[C@H](C)[C@@H](NC(=O)[C@H](Cc1ccccc1)NS(=O)(=O)c1ccc(C)cc1)C(=O)OC. The molecule has 0 unspecified atom stereocenters. The minimum atomic E-state index is -3.98. The predicted molar refractivity (Wildman–Crippen MR) is 119 cm³/mol. The molecule has 0 heterocycles. The number of carbonyl (C=O) groups is 2. The highest BCUT2D eigenvalue weighted by molar-refractivity contribution is 7.89. The van der Waals surface area contributed by atoms with Crippen molar-refractivity contribution in [2.45, 2.75) is 37.2 Å². The lowest BCUT2D eigenvalue weighted by Crippen LogP contribution is -2.54. The maximum Gasteiger partial charge on any atom is 0.328 e. The molecule has 31 heavy (non-hydrogen) atoms. The number of methoxy groups -OCH3 is 1. The summed E-state index contributed by atoms with van der Waals surface area (Å²) in [6.45, 7) is 7.21. The Morgan fingerprint density at radius 2 is 1.71 bits per heavy atom. The topological polar surface area (TPSA) is 102 Å². The summed E-state index contributed by atoms with van der Waals surface area (Å²) in [5.74, 6) is -1.69. The molecular formula is C23H28N2O5S.